The first-order valence-electron chi connectivity index (χ1n) is 6.14. The number of anilines is 1. The normalized spacial score (nSPS) is 13.3. The zero-order chi connectivity index (χ0) is 12.7. The lowest BCUT2D eigenvalue weighted by Crippen LogP contribution is -2.03. The van der Waals surface area contributed by atoms with Crippen molar-refractivity contribution >= 4 is 11.6 Å². The van der Waals surface area contributed by atoms with E-state index in [2.05, 4.69) is 49.5 Å². The van der Waals surface area contributed by atoms with Gasteiger partial charge in [-0.05, 0) is 48.2 Å². The number of aryl methyl sites for hydroxylation is 2. The van der Waals surface area contributed by atoms with Crippen LogP contribution in [-0.2, 0) is 11.2 Å². The van der Waals surface area contributed by atoms with Gasteiger partial charge in [0, 0.05) is 5.69 Å². The smallest absolute Gasteiger partial charge is 0.228 e. The van der Waals surface area contributed by atoms with Crippen molar-refractivity contribution in [3.63, 3.8) is 0 Å². The van der Waals surface area contributed by atoms with Crippen LogP contribution in [0.15, 0.2) is 36.4 Å². The van der Waals surface area contributed by atoms with Crippen LogP contribution in [0.25, 0.3) is 11.1 Å². The van der Waals surface area contributed by atoms with Gasteiger partial charge in [0.15, 0.2) is 0 Å². The largest absolute Gasteiger partial charge is 0.326 e. The Hall–Kier alpha value is -2.09. The number of fused-ring (bicyclic) bond motifs is 1. The van der Waals surface area contributed by atoms with Gasteiger partial charge in [-0.25, -0.2) is 0 Å². The van der Waals surface area contributed by atoms with Gasteiger partial charge in [0.1, 0.15) is 0 Å². The van der Waals surface area contributed by atoms with Gasteiger partial charge in [0.05, 0.1) is 6.42 Å². The van der Waals surface area contributed by atoms with Crippen LogP contribution in [0.2, 0.25) is 0 Å². The van der Waals surface area contributed by atoms with E-state index in [1.54, 1.807) is 0 Å². The molecular formula is C16H15NO. The van der Waals surface area contributed by atoms with Gasteiger partial charge in [-0.3, -0.25) is 4.79 Å². The van der Waals surface area contributed by atoms with Crippen molar-refractivity contribution in [3.8, 4) is 11.1 Å². The highest BCUT2D eigenvalue weighted by atomic mass is 16.1. The zero-order valence-corrected chi connectivity index (χ0v) is 10.6. The SMILES string of the molecule is Cc1ccc(-c2ccc3c(c2)CC(=O)N3)c(C)c1. The third-order valence-electron chi connectivity index (χ3n) is 3.42. The Morgan fingerprint density at radius 2 is 1.89 bits per heavy atom. The summed E-state index contributed by atoms with van der Waals surface area (Å²) in [7, 11) is 0. The first kappa shape index (κ1) is 11.0. The summed E-state index contributed by atoms with van der Waals surface area (Å²) in [5.74, 6) is 0.0859. The molecule has 1 aliphatic heterocycles. The molecule has 90 valence electrons. The quantitative estimate of drug-likeness (QED) is 0.808. The third kappa shape index (κ3) is 1.80. The van der Waals surface area contributed by atoms with E-state index >= 15 is 0 Å². The second-order valence-corrected chi connectivity index (χ2v) is 4.92. The molecular weight excluding hydrogens is 222 g/mol. The van der Waals surface area contributed by atoms with Crippen LogP contribution in [0.4, 0.5) is 5.69 Å². The summed E-state index contributed by atoms with van der Waals surface area (Å²) in [4.78, 5) is 11.3. The molecule has 2 nitrogen and oxygen atoms in total. The molecule has 3 rings (SSSR count). The van der Waals surface area contributed by atoms with Crippen molar-refractivity contribution < 1.29 is 4.79 Å². The Morgan fingerprint density at radius 3 is 2.67 bits per heavy atom. The molecule has 0 saturated heterocycles. The second-order valence-electron chi connectivity index (χ2n) is 4.92. The van der Waals surface area contributed by atoms with Gasteiger partial charge in [0.2, 0.25) is 5.91 Å². The van der Waals surface area contributed by atoms with Gasteiger partial charge in [0.25, 0.3) is 0 Å². The number of amides is 1. The Morgan fingerprint density at radius 1 is 1.06 bits per heavy atom. The third-order valence-corrected chi connectivity index (χ3v) is 3.42. The number of benzene rings is 2. The maximum atomic E-state index is 11.3. The van der Waals surface area contributed by atoms with Crippen molar-refractivity contribution in [2.75, 3.05) is 5.32 Å². The molecule has 0 radical (unpaired) electrons. The van der Waals surface area contributed by atoms with Crippen LogP contribution in [0.1, 0.15) is 16.7 Å². The molecule has 0 aliphatic carbocycles. The summed E-state index contributed by atoms with van der Waals surface area (Å²) in [6.45, 7) is 4.22. The number of hydrogen-bond donors (Lipinski definition) is 1. The number of nitrogens with one attached hydrogen (secondary N) is 1. The minimum absolute atomic E-state index is 0.0859. The average molecular weight is 237 g/mol. The van der Waals surface area contributed by atoms with Crippen molar-refractivity contribution in [1.29, 1.82) is 0 Å². The van der Waals surface area contributed by atoms with Crippen LogP contribution < -0.4 is 5.32 Å². The highest BCUT2D eigenvalue weighted by Gasteiger charge is 2.17. The standard InChI is InChI=1S/C16H15NO/c1-10-3-5-14(11(2)7-10)12-4-6-15-13(8-12)9-16(18)17-15/h3-8H,9H2,1-2H3,(H,17,18). The van der Waals surface area contributed by atoms with Crippen LogP contribution in [0.5, 0.6) is 0 Å². The minimum Gasteiger partial charge on any atom is -0.326 e. The maximum absolute atomic E-state index is 11.3. The van der Waals surface area contributed by atoms with Crippen LogP contribution in [0, 0.1) is 13.8 Å². The van der Waals surface area contributed by atoms with Crippen LogP contribution in [-0.4, -0.2) is 5.91 Å². The fourth-order valence-electron chi connectivity index (χ4n) is 2.53. The molecule has 0 atom stereocenters. The molecule has 0 unspecified atom stereocenters. The number of hydrogen-bond acceptors (Lipinski definition) is 1. The van der Waals surface area contributed by atoms with Gasteiger partial charge in [-0.15, -0.1) is 0 Å². The summed E-state index contributed by atoms with van der Waals surface area (Å²) < 4.78 is 0. The average Bonchev–Trinajstić information content (AvgIpc) is 2.68. The predicted molar refractivity (Wildman–Crippen MR) is 73.7 cm³/mol. The predicted octanol–water partition coefficient (Wildman–Crippen LogP) is 3.47. The van der Waals surface area contributed by atoms with Crippen LogP contribution >= 0.6 is 0 Å². The topological polar surface area (TPSA) is 29.1 Å². The van der Waals surface area contributed by atoms with Gasteiger partial charge in [-0.2, -0.15) is 0 Å². The molecule has 0 fully saturated rings. The molecule has 0 spiro atoms. The van der Waals surface area contributed by atoms with Gasteiger partial charge in [-0.1, -0.05) is 29.8 Å². The maximum Gasteiger partial charge on any atom is 0.228 e. The highest BCUT2D eigenvalue weighted by Crippen LogP contribution is 2.30. The molecule has 2 heteroatoms. The van der Waals surface area contributed by atoms with E-state index in [1.165, 1.54) is 22.3 Å². The molecule has 2 aromatic rings. The van der Waals surface area contributed by atoms with Crippen molar-refractivity contribution in [2.24, 2.45) is 0 Å². The van der Waals surface area contributed by atoms with E-state index < -0.39 is 0 Å². The van der Waals surface area contributed by atoms with E-state index in [-0.39, 0.29) is 5.91 Å². The van der Waals surface area contributed by atoms with E-state index in [0.717, 1.165) is 11.3 Å². The Kier molecular flexibility index (Phi) is 2.44. The molecule has 1 N–H and O–H groups in total. The minimum atomic E-state index is 0.0859. The molecule has 0 saturated carbocycles. The Bertz CT molecular complexity index is 644. The molecule has 0 aromatic heterocycles. The summed E-state index contributed by atoms with van der Waals surface area (Å²) in [5, 5.41) is 2.86. The first-order valence-corrected chi connectivity index (χ1v) is 6.14. The summed E-state index contributed by atoms with van der Waals surface area (Å²) in [6, 6.07) is 12.6. The molecule has 1 heterocycles. The monoisotopic (exact) mass is 237 g/mol. The van der Waals surface area contributed by atoms with Crippen molar-refractivity contribution in [2.45, 2.75) is 20.3 Å². The number of rotatable bonds is 1. The molecule has 2 aromatic carbocycles. The molecule has 1 aliphatic rings. The van der Waals surface area contributed by atoms with Crippen molar-refractivity contribution in [1.82, 2.24) is 0 Å². The summed E-state index contributed by atoms with van der Waals surface area (Å²) in [6.07, 6.45) is 0.494. The van der Waals surface area contributed by atoms with Gasteiger partial charge < -0.3 is 5.32 Å². The van der Waals surface area contributed by atoms with Gasteiger partial charge >= 0.3 is 0 Å². The van der Waals surface area contributed by atoms with Crippen molar-refractivity contribution in [3.05, 3.63) is 53.1 Å². The zero-order valence-electron chi connectivity index (χ0n) is 10.6. The first-order chi connectivity index (χ1) is 8.63. The van der Waals surface area contributed by atoms with E-state index in [1.807, 2.05) is 6.07 Å². The van der Waals surface area contributed by atoms with Crippen LogP contribution in [0.3, 0.4) is 0 Å². The fourth-order valence-corrected chi connectivity index (χ4v) is 2.53. The Labute approximate surface area is 107 Å². The summed E-state index contributed by atoms with van der Waals surface area (Å²) >= 11 is 0. The molecule has 1 amide bonds. The highest BCUT2D eigenvalue weighted by molar-refractivity contribution is 5.99. The van der Waals surface area contributed by atoms with E-state index in [4.69, 9.17) is 0 Å². The number of carbonyl (C=O) groups excluding carboxylic acids is 1. The molecule has 0 bridgehead atoms. The lowest BCUT2D eigenvalue weighted by molar-refractivity contribution is -0.115. The van der Waals surface area contributed by atoms with E-state index in [0.29, 0.717) is 6.42 Å². The Balaban J connectivity index is 2.08. The fraction of sp³-hybridized carbons (Fsp3) is 0.188. The van der Waals surface area contributed by atoms with E-state index in [9.17, 15) is 4.79 Å². The summed E-state index contributed by atoms with van der Waals surface area (Å²) in [5.41, 5.74) is 7.01. The molecule has 18 heavy (non-hydrogen) atoms. The number of carbonyl (C=O) groups is 1. The lowest BCUT2D eigenvalue weighted by Gasteiger charge is -2.08. The second kappa shape index (κ2) is 3.98. The lowest BCUT2D eigenvalue weighted by atomic mass is 9.97.